The third-order valence-electron chi connectivity index (χ3n) is 3.92. The zero-order valence-corrected chi connectivity index (χ0v) is 12.1. The molecule has 5 nitrogen and oxygen atoms in total. The van der Waals surface area contributed by atoms with Gasteiger partial charge >= 0.3 is 0 Å². The summed E-state index contributed by atoms with van der Waals surface area (Å²) in [5.74, 6) is 0.749. The summed E-state index contributed by atoms with van der Waals surface area (Å²) in [6, 6.07) is 7.55. The summed E-state index contributed by atoms with van der Waals surface area (Å²) in [5, 5.41) is 0. The maximum absolute atomic E-state index is 12.5. The van der Waals surface area contributed by atoms with Crippen molar-refractivity contribution in [3.63, 3.8) is 0 Å². The third kappa shape index (κ3) is 2.83. The van der Waals surface area contributed by atoms with E-state index in [4.69, 9.17) is 10.2 Å². The summed E-state index contributed by atoms with van der Waals surface area (Å²) in [4.78, 5) is 18.9. The normalized spacial score (nSPS) is 16.2. The molecule has 0 aromatic carbocycles. The molecule has 2 aromatic heterocycles. The minimum absolute atomic E-state index is 0.0397. The number of amides is 1. The van der Waals surface area contributed by atoms with Crippen LogP contribution in [0.2, 0.25) is 0 Å². The van der Waals surface area contributed by atoms with Gasteiger partial charge in [-0.3, -0.25) is 4.79 Å². The van der Waals surface area contributed by atoms with Crippen LogP contribution in [-0.4, -0.2) is 34.9 Å². The number of pyridine rings is 1. The van der Waals surface area contributed by atoms with Gasteiger partial charge in [0, 0.05) is 19.1 Å². The molecular formula is C16H19N3O2. The molecular weight excluding hydrogens is 266 g/mol. The van der Waals surface area contributed by atoms with Crippen LogP contribution < -0.4 is 5.73 Å². The quantitative estimate of drug-likeness (QED) is 0.918. The smallest absolute Gasteiger partial charge is 0.255 e. The lowest BCUT2D eigenvalue weighted by molar-refractivity contribution is 0.0713. The van der Waals surface area contributed by atoms with Gasteiger partial charge in [0.05, 0.1) is 17.5 Å². The maximum Gasteiger partial charge on any atom is 0.255 e. The van der Waals surface area contributed by atoms with Crippen LogP contribution in [0.1, 0.15) is 28.9 Å². The number of aryl methyl sites for hydroxylation is 1. The molecule has 3 rings (SSSR count). The summed E-state index contributed by atoms with van der Waals surface area (Å²) in [6.45, 7) is 3.30. The summed E-state index contributed by atoms with van der Waals surface area (Å²) < 4.78 is 5.33. The number of aromatic nitrogens is 1. The Labute approximate surface area is 123 Å². The second-order valence-electron chi connectivity index (χ2n) is 5.44. The molecule has 3 heterocycles. The Balaban J connectivity index is 1.81. The lowest BCUT2D eigenvalue weighted by Gasteiger charge is -2.30. The highest BCUT2D eigenvalue weighted by atomic mass is 16.3. The van der Waals surface area contributed by atoms with Crippen LogP contribution in [0, 0.1) is 6.92 Å². The van der Waals surface area contributed by atoms with Crippen molar-refractivity contribution in [1.29, 1.82) is 0 Å². The molecule has 1 aliphatic rings. The average Bonchev–Trinajstić information content (AvgIpc) is 3.01. The SMILES string of the molecule is Cc1nc(-c2ccco2)ccc1C(=O)N1CCC(N)CC1. The van der Waals surface area contributed by atoms with Crippen molar-refractivity contribution in [2.45, 2.75) is 25.8 Å². The van der Waals surface area contributed by atoms with Gasteiger partial charge in [-0.25, -0.2) is 4.98 Å². The van der Waals surface area contributed by atoms with Gasteiger partial charge in [-0.15, -0.1) is 0 Å². The fraction of sp³-hybridized carbons (Fsp3) is 0.375. The van der Waals surface area contributed by atoms with E-state index >= 15 is 0 Å². The van der Waals surface area contributed by atoms with Crippen molar-refractivity contribution < 1.29 is 9.21 Å². The molecule has 0 radical (unpaired) electrons. The van der Waals surface area contributed by atoms with Crippen LogP contribution >= 0.6 is 0 Å². The third-order valence-corrected chi connectivity index (χ3v) is 3.92. The number of nitrogens with two attached hydrogens (primary N) is 1. The lowest BCUT2D eigenvalue weighted by Crippen LogP contribution is -2.43. The fourth-order valence-electron chi connectivity index (χ4n) is 2.62. The number of likely N-dealkylation sites (tertiary alicyclic amines) is 1. The van der Waals surface area contributed by atoms with Crippen LogP contribution in [0.3, 0.4) is 0 Å². The monoisotopic (exact) mass is 285 g/mol. The molecule has 0 bridgehead atoms. The van der Waals surface area contributed by atoms with E-state index in [1.807, 2.05) is 36.1 Å². The average molecular weight is 285 g/mol. The minimum atomic E-state index is 0.0397. The summed E-state index contributed by atoms with van der Waals surface area (Å²) in [7, 11) is 0. The van der Waals surface area contributed by atoms with Crippen LogP contribution in [0.5, 0.6) is 0 Å². The number of rotatable bonds is 2. The zero-order chi connectivity index (χ0) is 14.8. The lowest BCUT2D eigenvalue weighted by atomic mass is 10.0. The van der Waals surface area contributed by atoms with E-state index in [0.717, 1.165) is 37.3 Å². The van der Waals surface area contributed by atoms with E-state index in [1.54, 1.807) is 6.26 Å². The second-order valence-corrected chi connectivity index (χ2v) is 5.44. The first-order valence-corrected chi connectivity index (χ1v) is 7.21. The van der Waals surface area contributed by atoms with E-state index < -0.39 is 0 Å². The Kier molecular flexibility index (Phi) is 3.75. The number of hydrogen-bond acceptors (Lipinski definition) is 4. The van der Waals surface area contributed by atoms with E-state index in [9.17, 15) is 4.79 Å². The van der Waals surface area contributed by atoms with Gasteiger partial charge in [0.1, 0.15) is 5.69 Å². The molecule has 2 aromatic rings. The predicted octanol–water partition coefficient (Wildman–Crippen LogP) is 2.21. The van der Waals surface area contributed by atoms with Gasteiger partial charge in [-0.2, -0.15) is 0 Å². The Morgan fingerprint density at radius 3 is 2.71 bits per heavy atom. The van der Waals surface area contributed by atoms with Gasteiger partial charge in [-0.1, -0.05) is 0 Å². The van der Waals surface area contributed by atoms with Gasteiger partial charge < -0.3 is 15.1 Å². The molecule has 1 saturated heterocycles. The Morgan fingerprint density at radius 2 is 2.10 bits per heavy atom. The van der Waals surface area contributed by atoms with E-state index in [0.29, 0.717) is 11.3 Å². The van der Waals surface area contributed by atoms with Crippen molar-refractivity contribution in [3.8, 4) is 11.5 Å². The number of nitrogens with zero attached hydrogens (tertiary/aromatic N) is 2. The van der Waals surface area contributed by atoms with Gasteiger partial charge in [-0.05, 0) is 44.0 Å². The van der Waals surface area contributed by atoms with Crippen molar-refractivity contribution in [2.75, 3.05) is 13.1 Å². The van der Waals surface area contributed by atoms with E-state index in [2.05, 4.69) is 4.98 Å². The summed E-state index contributed by atoms with van der Waals surface area (Å²) in [6.07, 6.45) is 3.34. The topological polar surface area (TPSA) is 72.4 Å². The number of carbonyl (C=O) groups excluding carboxylic acids is 1. The molecule has 1 amide bonds. The first kappa shape index (κ1) is 13.8. The first-order chi connectivity index (χ1) is 10.1. The Morgan fingerprint density at radius 1 is 1.33 bits per heavy atom. The molecule has 0 saturated carbocycles. The molecule has 1 aliphatic heterocycles. The van der Waals surface area contributed by atoms with Crippen molar-refractivity contribution in [2.24, 2.45) is 5.73 Å². The molecule has 0 aliphatic carbocycles. The largest absolute Gasteiger partial charge is 0.463 e. The highest BCUT2D eigenvalue weighted by Gasteiger charge is 2.23. The highest BCUT2D eigenvalue weighted by Crippen LogP contribution is 2.21. The first-order valence-electron chi connectivity index (χ1n) is 7.21. The minimum Gasteiger partial charge on any atom is -0.463 e. The van der Waals surface area contributed by atoms with Crippen molar-refractivity contribution in [3.05, 3.63) is 41.8 Å². The van der Waals surface area contributed by atoms with Crippen LogP contribution in [-0.2, 0) is 0 Å². The molecule has 0 spiro atoms. The molecule has 110 valence electrons. The highest BCUT2D eigenvalue weighted by molar-refractivity contribution is 5.95. The van der Waals surface area contributed by atoms with Gasteiger partial charge in [0.15, 0.2) is 5.76 Å². The van der Waals surface area contributed by atoms with Gasteiger partial charge in [0.2, 0.25) is 0 Å². The van der Waals surface area contributed by atoms with E-state index in [1.165, 1.54) is 0 Å². The summed E-state index contributed by atoms with van der Waals surface area (Å²) in [5.41, 5.74) is 8.00. The van der Waals surface area contributed by atoms with Crippen LogP contribution in [0.15, 0.2) is 34.9 Å². The van der Waals surface area contributed by atoms with E-state index in [-0.39, 0.29) is 11.9 Å². The van der Waals surface area contributed by atoms with Crippen LogP contribution in [0.4, 0.5) is 0 Å². The molecule has 1 fully saturated rings. The number of furan rings is 1. The molecule has 0 atom stereocenters. The number of carbonyl (C=O) groups is 1. The Bertz CT molecular complexity index is 629. The summed E-state index contributed by atoms with van der Waals surface area (Å²) >= 11 is 0. The molecule has 0 unspecified atom stereocenters. The second kappa shape index (κ2) is 5.69. The van der Waals surface area contributed by atoms with Crippen molar-refractivity contribution >= 4 is 5.91 Å². The molecule has 5 heteroatoms. The number of piperidine rings is 1. The maximum atomic E-state index is 12.5. The van der Waals surface area contributed by atoms with Gasteiger partial charge in [0.25, 0.3) is 5.91 Å². The number of hydrogen-bond donors (Lipinski definition) is 1. The van der Waals surface area contributed by atoms with Crippen LogP contribution in [0.25, 0.3) is 11.5 Å². The molecule has 21 heavy (non-hydrogen) atoms. The predicted molar refractivity (Wildman–Crippen MR) is 79.8 cm³/mol. The molecule has 2 N–H and O–H groups in total. The Hall–Kier alpha value is -2.14. The standard InChI is InChI=1S/C16H19N3O2/c1-11-13(16(20)19-8-6-12(17)7-9-19)4-5-14(18-11)15-3-2-10-21-15/h2-5,10,12H,6-9,17H2,1H3. The fourth-order valence-corrected chi connectivity index (χ4v) is 2.62. The van der Waals surface area contributed by atoms with Crippen molar-refractivity contribution in [1.82, 2.24) is 9.88 Å². The zero-order valence-electron chi connectivity index (χ0n) is 12.1.